The zero-order chi connectivity index (χ0) is 15.8. The van der Waals surface area contributed by atoms with Gasteiger partial charge in [0.25, 0.3) is 5.91 Å². The highest BCUT2D eigenvalue weighted by Gasteiger charge is 2.13. The minimum absolute atomic E-state index is 0.273. The number of carboxylic acid groups (broad SMARTS) is 1. The van der Waals surface area contributed by atoms with Crippen LogP contribution in [-0.2, 0) is 20.9 Å². The number of rotatable bonds is 6. The molecule has 0 aliphatic carbocycles. The molecule has 0 radical (unpaired) electrons. The zero-order valence-electron chi connectivity index (χ0n) is 11.3. The summed E-state index contributed by atoms with van der Waals surface area (Å²) in [6, 6.07) is 6.37. The number of carboxylic acids is 1. The van der Waals surface area contributed by atoms with Gasteiger partial charge < -0.3 is 14.7 Å². The van der Waals surface area contributed by atoms with E-state index >= 15 is 0 Å². The summed E-state index contributed by atoms with van der Waals surface area (Å²) in [5, 5.41) is 11.0. The van der Waals surface area contributed by atoms with Crippen molar-refractivity contribution in [3.63, 3.8) is 0 Å². The van der Waals surface area contributed by atoms with E-state index in [1.54, 1.807) is 24.3 Å². The van der Waals surface area contributed by atoms with Crippen LogP contribution in [0.5, 0.6) is 0 Å². The number of carbonyl (C=O) groups excluding carboxylic acids is 2. The number of hydrogen-bond acceptors (Lipinski definition) is 4. The summed E-state index contributed by atoms with van der Waals surface area (Å²) in [5.74, 6) is -1.90. The number of hydrogen-bond donors (Lipinski definition) is 2. The third-order valence-corrected chi connectivity index (χ3v) is 2.60. The maximum atomic E-state index is 11.7. The molecule has 1 rings (SSSR count). The highest BCUT2D eigenvalue weighted by atomic mass is 35.5. The molecular formula is C13H15ClN2O5. The monoisotopic (exact) mass is 314 g/mol. The van der Waals surface area contributed by atoms with Crippen molar-refractivity contribution in [1.82, 2.24) is 10.2 Å². The van der Waals surface area contributed by atoms with Crippen LogP contribution < -0.4 is 5.32 Å². The van der Waals surface area contributed by atoms with Gasteiger partial charge in [0.15, 0.2) is 0 Å². The van der Waals surface area contributed by atoms with Crippen LogP contribution in [0, 0.1) is 0 Å². The number of halogens is 1. The molecule has 0 spiro atoms. The van der Waals surface area contributed by atoms with Gasteiger partial charge in [0.2, 0.25) is 0 Å². The first-order chi connectivity index (χ1) is 9.88. The van der Waals surface area contributed by atoms with Crippen LogP contribution in [-0.4, -0.2) is 48.2 Å². The van der Waals surface area contributed by atoms with E-state index in [9.17, 15) is 14.4 Å². The van der Waals surface area contributed by atoms with Crippen LogP contribution in [0.1, 0.15) is 5.56 Å². The van der Waals surface area contributed by atoms with E-state index < -0.39 is 31.1 Å². The average Bonchev–Trinajstić information content (AvgIpc) is 2.38. The van der Waals surface area contributed by atoms with Gasteiger partial charge in [0.05, 0.1) is 0 Å². The van der Waals surface area contributed by atoms with Gasteiger partial charge in [-0.3, -0.25) is 10.1 Å². The molecule has 0 heterocycles. The lowest BCUT2D eigenvalue weighted by molar-refractivity contribution is -0.143. The average molecular weight is 315 g/mol. The maximum Gasteiger partial charge on any atom is 0.329 e. The Balaban J connectivity index is 2.40. The summed E-state index contributed by atoms with van der Waals surface area (Å²) in [5.41, 5.74) is 0.815. The van der Waals surface area contributed by atoms with E-state index in [0.29, 0.717) is 5.02 Å². The summed E-state index contributed by atoms with van der Waals surface area (Å²) < 4.78 is 4.57. The minimum Gasteiger partial charge on any atom is -0.480 e. The van der Waals surface area contributed by atoms with Crippen molar-refractivity contribution in [3.05, 3.63) is 34.9 Å². The Bertz CT molecular complexity index is 535. The normalized spacial score (nSPS) is 10.0. The molecule has 0 aromatic heterocycles. The van der Waals surface area contributed by atoms with Crippen LogP contribution in [0.2, 0.25) is 5.02 Å². The van der Waals surface area contributed by atoms with Crippen LogP contribution in [0.25, 0.3) is 0 Å². The largest absolute Gasteiger partial charge is 0.480 e. The lowest BCUT2D eigenvalue weighted by Gasteiger charge is -2.17. The second kappa shape index (κ2) is 8.23. The third-order valence-electron chi connectivity index (χ3n) is 2.36. The first-order valence-corrected chi connectivity index (χ1v) is 6.35. The van der Waals surface area contributed by atoms with E-state index in [1.165, 1.54) is 11.9 Å². The van der Waals surface area contributed by atoms with E-state index in [2.05, 4.69) is 10.1 Å². The maximum absolute atomic E-state index is 11.7. The van der Waals surface area contributed by atoms with Crippen molar-refractivity contribution in [2.24, 2.45) is 0 Å². The highest BCUT2D eigenvalue weighted by molar-refractivity contribution is 6.30. The molecular weight excluding hydrogens is 300 g/mol. The number of benzene rings is 1. The van der Waals surface area contributed by atoms with Crippen molar-refractivity contribution in [3.8, 4) is 0 Å². The minimum atomic E-state index is -1.19. The molecule has 0 atom stereocenters. The van der Waals surface area contributed by atoms with E-state index in [1.807, 2.05) is 0 Å². The Labute approximate surface area is 126 Å². The third kappa shape index (κ3) is 6.73. The fourth-order valence-corrected chi connectivity index (χ4v) is 1.68. The zero-order valence-corrected chi connectivity index (χ0v) is 12.1. The Morgan fingerprint density at radius 2 is 2.05 bits per heavy atom. The lowest BCUT2D eigenvalue weighted by atomic mass is 10.2. The fraction of sp³-hybridized carbons (Fsp3) is 0.308. The standard InChI is InChI=1S/C13H15ClN2O5/c1-16(6-9-3-2-4-10(14)5-9)13(20)15-11(17)7-21-8-12(18)19/h2-5H,6-8H2,1H3,(H,18,19)(H,15,17,20). The molecule has 2 N–H and O–H groups in total. The van der Waals surface area contributed by atoms with Crippen molar-refractivity contribution in [1.29, 1.82) is 0 Å². The lowest BCUT2D eigenvalue weighted by Crippen LogP contribution is -2.42. The molecule has 0 aliphatic rings. The van der Waals surface area contributed by atoms with Gasteiger partial charge in [-0.1, -0.05) is 23.7 Å². The van der Waals surface area contributed by atoms with Crippen molar-refractivity contribution >= 4 is 29.5 Å². The Hall–Kier alpha value is -2.12. The molecule has 0 fully saturated rings. The number of nitrogens with one attached hydrogen (secondary N) is 1. The highest BCUT2D eigenvalue weighted by Crippen LogP contribution is 2.12. The molecule has 7 nitrogen and oxygen atoms in total. The fourth-order valence-electron chi connectivity index (χ4n) is 1.46. The van der Waals surface area contributed by atoms with Crippen LogP contribution in [0.15, 0.2) is 24.3 Å². The van der Waals surface area contributed by atoms with Gasteiger partial charge in [-0.2, -0.15) is 0 Å². The molecule has 8 heteroatoms. The summed E-state index contributed by atoms with van der Waals surface area (Å²) in [6.07, 6.45) is 0. The summed E-state index contributed by atoms with van der Waals surface area (Å²) >= 11 is 5.84. The topological polar surface area (TPSA) is 95.9 Å². The molecule has 0 saturated heterocycles. The number of imide groups is 1. The van der Waals surface area contributed by atoms with E-state index in [0.717, 1.165) is 5.56 Å². The van der Waals surface area contributed by atoms with Gasteiger partial charge >= 0.3 is 12.0 Å². The van der Waals surface area contributed by atoms with Gasteiger partial charge in [-0.15, -0.1) is 0 Å². The summed E-state index contributed by atoms with van der Waals surface area (Å²) in [7, 11) is 1.52. The number of nitrogens with zero attached hydrogens (tertiary/aromatic N) is 1. The van der Waals surface area contributed by atoms with Crippen LogP contribution >= 0.6 is 11.6 Å². The SMILES string of the molecule is CN(Cc1cccc(Cl)c1)C(=O)NC(=O)COCC(=O)O. The molecule has 1 aromatic rings. The van der Waals surface area contributed by atoms with E-state index in [-0.39, 0.29) is 6.54 Å². The summed E-state index contributed by atoms with van der Waals surface area (Å²) in [6.45, 7) is -0.821. The van der Waals surface area contributed by atoms with E-state index in [4.69, 9.17) is 16.7 Å². The first kappa shape index (κ1) is 16.9. The molecule has 21 heavy (non-hydrogen) atoms. The van der Waals surface area contributed by atoms with Gasteiger partial charge in [-0.25, -0.2) is 9.59 Å². The molecule has 0 aliphatic heterocycles. The second-order valence-corrected chi connectivity index (χ2v) is 4.66. The Morgan fingerprint density at radius 3 is 2.67 bits per heavy atom. The smallest absolute Gasteiger partial charge is 0.329 e. The number of ether oxygens (including phenoxy) is 1. The van der Waals surface area contributed by atoms with Crippen molar-refractivity contribution < 1.29 is 24.2 Å². The van der Waals surface area contributed by atoms with Crippen molar-refractivity contribution in [2.75, 3.05) is 20.3 Å². The van der Waals surface area contributed by atoms with Gasteiger partial charge in [-0.05, 0) is 17.7 Å². The molecule has 114 valence electrons. The molecule has 1 aromatic carbocycles. The van der Waals surface area contributed by atoms with Gasteiger partial charge in [0.1, 0.15) is 13.2 Å². The molecule has 3 amide bonds. The number of urea groups is 1. The predicted octanol–water partition coefficient (Wildman–Crippen LogP) is 1.11. The van der Waals surface area contributed by atoms with Crippen molar-refractivity contribution in [2.45, 2.75) is 6.54 Å². The van der Waals surface area contributed by atoms with Gasteiger partial charge in [0, 0.05) is 18.6 Å². The molecule has 0 bridgehead atoms. The van der Waals surface area contributed by atoms with Crippen LogP contribution in [0.4, 0.5) is 4.79 Å². The summed E-state index contributed by atoms with van der Waals surface area (Å²) in [4.78, 5) is 34.6. The second-order valence-electron chi connectivity index (χ2n) is 4.23. The predicted molar refractivity (Wildman–Crippen MR) is 74.9 cm³/mol. The number of aliphatic carboxylic acids is 1. The number of amides is 3. The molecule has 0 unspecified atom stereocenters. The number of carbonyl (C=O) groups is 3. The quantitative estimate of drug-likeness (QED) is 0.820. The Morgan fingerprint density at radius 1 is 1.33 bits per heavy atom. The Kier molecular flexibility index (Phi) is 6.64. The first-order valence-electron chi connectivity index (χ1n) is 5.97. The van der Waals surface area contributed by atoms with Crippen LogP contribution in [0.3, 0.4) is 0 Å². The molecule has 0 saturated carbocycles.